The molecule has 0 aliphatic rings. The van der Waals surface area contributed by atoms with E-state index in [1.54, 1.807) is 47.6 Å². The van der Waals surface area contributed by atoms with E-state index >= 15 is 0 Å². The van der Waals surface area contributed by atoms with Crippen molar-refractivity contribution in [2.75, 3.05) is 13.2 Å². The topological polar surface area (TPSA) is 51.7 Å². The lowest BCUT2D eigenvalue weighted by Gasteiger charge is -2.22. The van der Waals surface area contributed by atoms with E-state index in [9.17, 15) is 9.18 Å². The monoisotopic (exact) mass is 408 g/mol. The van der Waals surface area contributed by atoms with Crippen LogP contribution in [0.5, 0.6) is 11.5 Å². The van der Waals surface area contributed by atoms with Crippen LogP contribution in [0.3, 0.4) is 0 Å². The van der Waals surface area contributed by atoms with Gasteiger partial charge in [-0.2, -0.15) is 0 Å². The quantitative estimate of drug-likeness (QED) is 0.507. The molecule has 5 nitrogen and oxygen atoms in total. The van der Waals surface area contributed by atoms with Crippen LogP contribution in [0.25, 0.3) is 0 Å². The Morgan fingerprint density at radius 1 is 1.00 bits per heavy atom. The largest absolute Gasteiger partial charge is 0.490 e. The number of pyridine rings is 1. The average Bonchev–Trinajstić information content (AvgIpc) is 2.77. The molecule has 0 radical (unpaired) electrons. The van der Waals surface area contributed by atoms with Gasteiger partial charge in [-0.1, -0.05) is 18.2 Å². The van der Waals surface area contributed by atoms with Gasteiger partial charge in [-0.3, -0.25) is 9.78 Å². The van der Waals surface area contributed by atoms with E-state index in [1.165, 1.54) is 12.1 Å². The number of carbonyl (C=O) groups is 1. The van der Waals surface area contributed by atoms with Crippen LogP contribution in [-0.2, 0) is 13.2 Å². The Morgan fingerprint density at radius 2 is 1.83 bits per heavy atom. The summed E-state index contributed by atoms with van der Waals surface area (Å²) >= 11 is 0. The molecule has 6 heteroatoms. The molecule has 30 heavy (non-hydrogen) atoms. The summed E-state index contributed by atoms with van der Waals surface area (Å²) in [5, 5.41) is 0. The fourth-order valence-corrected chi connectivity index (χ4v) is 3.04. The van der Waals surface area contributed by atoms with Crippen LogP contribution in [0.15, 0.2) is 67.0 Å². The van der Waals surface area contributed by atoms with Gasteiger partial charge in [0.1, 0.15) is 12.4 Å². The first-order chi connectivity index (χ1) is 14.6. The number of rotatable bonds is 9. The molecule has 0 spiro atoms. The van der Waals surface area contributed by atoms with Gasteiger partial charge in [-0.25, -0.2) is 4.39 Å². The lowest BCUT2D eigenvalue weighted by atomic mass is 10.1. The second-order valence-corrected chi connectivity index (χ2v) is 6.69. The Balaban J connectivity index is 1.76. The minimum atomic E-state index is -0.315. The van der Waals surface area contributed by atoms with Crippen molar-refractivity contribution in [1.82, 2.24) is 9.88 Å². The maximum absolute atomic E-state index is 13.5. The molecule has 1 heterocycles. The first kappa shape index (κ1) is 21.3. The third-order valence-corrected chi connectivity index (χ3v) is 4.54. The van der Waals surface area contributed by atoms with E-state index in [2.05, 4.69) is 4.98 Å². The average molecular weight is 408 g/mol. The summed E-state index contributed by atoms with van der Waals surface area (Å²) in [6.07, 6.45) is 3.45. The molecule has 0 aliphatic heterocycles. The minimum Gasteiger partial charge on any atom is -0.490 e. The smallest absolute Gasteiger partial charge is 0.254 e. The van der Waals surface area contributed by atoms with Crippen molar-refractivity contribution in [2.45, 2.75) is 27.0 Å². The van der Waals surface area contributed by atoms with Gasteiger partial charge in [-0.15, -0.1) is 0 Å². The first-order valence-electron chi connectivity index (χ1n) is 9.93. The zero-order valence-electron chi connectivity index (χ0n) is 17.2. The summed E-state index contributed by atoms with van der Waals surface area (Å²) in [6.45, 7) is 5.39. The molecule has 3 aromatic rings. The van der Waals surface area contributed by atoms with E-state index in [0.29, 0.717) is 43.4 Å². The minimum absolute atomic E-state index is 0.151. The standard InChI is InChI=1S/C24H25FN2O3/c1-3-27(16-18-7-5-9-21(25)13-18)24(28)20-10-11-22(23(14-20)29-4-2)30-17-19-8-6-12-26-15-19/h5-15H,3-4,16-17H2,1-2H3. The van der Waals surface area contributed by atoms with E-state index in [0.717, 1.165) is 11.1 Å². The highest BCUT2D eigenvalue weighted by Crippen LogP contribution is 2.30. The Kier molecular flexibility index (Phi) is 7.38. The summed E-state index contributed by atoms with van der Waals surface area (Å²) in [5.74, 6) is 0.603. The molecule has 0 fully saturated rings. The highest BCUT2D eigenvalue weighted by atomic mass is 19.1. The number of ether oxygens (including phenoxy) is 2. The number of nitrogens with zero attached hydrogens (tertiary/aromatic N) is 2. The molecule has 2 aromatic carbocycles. The summed E-state index contributed by atoms with van der Waals surface area (Å²) < 4.78 is 25.1. The van der Waals surface area contributed by atoms with Crippen molar-refractivity contribution in [2.24, 2.45) is 0 Å². The van der Waals surface area contributed by atoms with Gasteiger partial charge >= 0.3 is 0 Å². The molecule has 1 aromatic heterocycles. The molecule has 0 unspecified atom stereocenters. The fraction of sp³-hybridized carbons (Fsp3) is 0.250. The summed E-state index contributed by atoms with van der Waals surface area (Å²) in [7, 11) is 0. The second kappa shape index (κ2) is 10.4. The Bertz CT molecular complexity index is 979. The first-order valence-corrected chi connectivity index (χ1v) is 9.93. The number of hydrogen-bond acceptors (Lipinski definition) is 4. The summed E-state index contributed by atoms with van der Waals surface area (Å²) in [4.78, 5) is 18.8. The van der Waals surface area contributed by atoms with Crippen LogP contribution in [0.4, 0.5) is 4.39 Å². The molecule has 0 saturated heterocycles. The van der Waals surface area contributed by atoms with Gasteiger partial charge < -0.3 is 14.4 Å². The summed E-state index contributed by atoms with van der Waals surface area (Å²) in [5.41, 5.74) is 2.17. The number of benzene rings is 2. The van der Waals surface area contributed by atoms with Gasteiger partial charge in [0.15, 0.2) is 11.5 Å². The van der Waals surface area contributed by atoms with Crippen LogP contribution in [0, 0.1) is 5.82 Å². The van der Waals surface area contributed by atoms with E-state index in [4.69, 9.17) is 9.47 Å². The SMILES string of the molecule is CCOc1cc(C(=O)N(CC)Cc2cccc(F)c2)ccc1OCc1cccnc1. The second-order valence-electron chi connectivity index (χ2n) is 6.69. The lowest BCUT2D eigenvalue weighted by molar-refractivity contribution is 0.0752. The van der Waals surface area contributed by atoms with E-state index in [-0.39, 0.29) is 11.7 Å². The number of carbonyl (C=O) groups excluding carboxylic acids is 1. The normalized spacial score (nSPS) is 10.5. The maximum Gasteiger partial charge on any atom is 0.254 e. The van der Waals surface area contributed by atoms with Gasteiger partial charge in [0.05, 0.1) is 6.61 Å². The maximum atomic E-state index is 13.5. The molecule has 1 amide bonds. The highest BCUT2D eigenvalue weighted by molar-refractivity contribution is 5.94. The molecule has 0 atom stereocenters. The Labute approximate surface area is 176 Å². The number of hydrogen-bond donors (Lipinski definition) is 0. The van der Waals surface area contributed by atoms with Crippen molar-refractivity contribution in [1.29, 1.82) is 0 Å². The Hall–Kier alpha value is -3.41. The highest BCUT2D eigenvalue weighted by Gasteiger charge is 2.18. The molecule has 0 saturated carbocycles. The van der Waals surface area contributed by atoms with Crippen molar-refractivity contribution in [3.05, 3.63) is 89.5 Å². The van der Waals surface area contributed by atoms with Crippen molar-refractivity contribution in [3.63, 3.8) is 0 Å². The molecule has 0 N–H and O–H groups in total. The predicted molar refractivity (Wildman–Crippen MR) is 113 cm³/mol. The fourth-order valence-electron chi connectivity index (χ4n) is 3.04. The predicted octanol–water partition coefficient (Wildman–Crippen LogP) is 4.86. The number of aromatic nitrogens is 1. The van der Waals surface area contributed by atoms with Gasteiger partial charge in [-0.05, 0) is 55.8 Å². The molecule has 0 bridgehead atoms. The lowest BCUT2D eigenvalue weighted by Crippen LogP contribution is -2.30. The van der Waals surface area contributed by atoms with Crippen LogP contribution in [0.1, 0.15) is 35.3 Å². The van der Waals surface area contributed by atoms with Crippen molar-refractivity contribution in [3.8, 4) is 11.5 Å². The molecule has 3 rings (SSSR count). The zero-order chi connectivity index (χ0) is 21.3. The Morgan fingerprint density at radius 3 is 2.53 bits per heavy atom. The third kappa shape index (κ3) is 5.56. The van der Waals surface area contributed by atoms with Crippen LogP contribution >= 0.6 is 0 Å². The molecule has 0 aliphatic carbocycles. The molecular formula is C24H25FN2O3. The van der Waals surface area contributed by atoms with E-state index in [1.807, 2.05) is 26.0 Å². The van der Waals surface area contributed by atoms with Crippen molar-refractivity contribution < 1.29 is 18.7 Å². The third-order valence-electron chi connectivity index (χ3n) is 4.54. The van der Waals surface area contributed by atoms with Crippen LogP contribution < -0.4 is 9.47 Å². The van der Waals surface area contributed by atoms with Gasteiger partial charge in [0.25, 0.3) is 5.91 Å². The van der Waals surface area contributed by atoms with Crippen molar-refractivity contribution >= 4 is 5.91 Å². The van der Waals surface area contributed by atoms with Crippen LogP contribution in [-0.4, -0.2) is 28.9 Å². The molecular weight excluding hydrogens is 383 g/mol. The molecule has 156 valence electrons. The van der Waals surface area contributed by atoms with Gasteiger partial charge in [0, 0.05) is 36.6 Å². The summed E-state index contributed by atoms with van der Waals surface area (Å²) in [6, 6.07) is 15.2. The number of halogens is 1. The van der Waals surface area contributed by atoms with Gasteiger partial charge in [0.2, 0.25) is 0 Å². The van der Waals surface area contributed by atoms with E-state index < -0.39 is 0 Å². The number of amides is 1. The zero-order valence-corrected chi connectivity index (χ0v) is 17.2. The van der Waals surface area contributed by atoms with Crippen LogP contribution in [0.2, 0.25) is 0 Å².